The Bertz CT molecular complexity index is 428. The second-order valence-electron chi connectivity index (χ2n) is 3.17. The summed E-state index contributed by atoms with van der Waals surface area (Å²) in [6, 6.07) is 11.8. The molecule has 0 aliphatic rings. The third kappa shape index (κ3) is 2.39. The molecule has 1 unspecified atom stereocenters. The van der Waals surface area contributed by atoms with E-state index in [4.69, 9.17) is 10.3 Å². The molecule has 3 nitrogen and oxygen atoms in total. The molecule has 0 radical (unpaired) electrons. The van der Waals surface area contributed by atoms with Gasteiger partial charge >= 0.3 is 0 Å². The van der Waals surface area contributed by atoms with E-state index >= 15 is 0 Å². The number of furan rings is 1. The van der Waals surface area contributed by atoms with Crippen LogP contribution in [0.2, 0.25) is 0 Å². The molecule has 1 heterocycles. The number of nitrogens with one attached hydrogen (secondary N) is 1. The molecule has 0 aliphatic heterocycles. The molecule has 0 bridgehead atoms. The molecule has 0 aliphatic carbocycles. The summed E-state index contributed by atoms with van der Waals surface area (Å²) in [5, 5.41) is 0. The highest BCUT2D eigenvalue weighted by atomic mass is 127. The van der Waals surface area contributed by atoms with Crippen molar-refractivity contribution in [2.24, 2.45) is 5.84 Å². The molecular formula is C11H11IN2O. The van der Waals surface area contributed by atoms with Gasteiger partial charge in [0, 0.05) is 3.57 Å². The highest BCUT2D eigenvalue weighted by Crippen LogP contribution is 2.22. The molecule has 3 N–H and O–H groups in total. The van der Waals surface area contributed by atoms with Crippen LogP contribution in [0.15, 0.2) is 47.1 Å². The van der Waals surface area contributed by atoms with Crippen LogP contribution in [0.3, 0.4) is 0 Å². The van der Waals surface area contributed by atoms with Gasteiger partial charge in [0.1, 0.15) is 11.8 Å². The Labute approximate surface area is 102 Å². The first-order valence-electron chi connectivity index (χ1n) is 4.56. The molecule has 4 heteroatoms. The maximum atomic E-state index is 5.53. The number of nitrogens with two attached hydrogens (primary N) is 1. The quantitative estimate of drug-likeness (QED) is 0.520. The van der Waals surface area contributed by atoms with Gasteiger partial charge in [-0.3, -0.25) is 5.84 Å². The third-order valence-electron chi connectivity index (χ3n) is 2.18. The van der Waals surface area contributed by atoms with Gasteiger partial charge in [-0.1, -0.05) is 12.1 Å². The first-order valence-corrected chi connectivity index (χ1v) is 5.64. The van der Waals surface area contributed by atoms with Crippen molar-refractivity contribution in [2.45, 2.75) is 6.04 Å². The average molecular weight is 314 g/mol. The largest absolute Gasteiger partial charge is 0.467 e. The van der Waals surface area contributed by atoms with Crippen molar-refractivity contribution < 1.29 is 4.42 Å². The van der Waals surface area contributed by atoms with Crippen molar-refractivity contribution in [1.29, 1.82) is 0 Å². The molecule has 1 aromatic carbocycles. The molecule has 0 saturated heterocycles. The van der Waals surface area contributed by atoms with Crippen molar-refractivity contribution in [3.05, 3.63) is 57.6 Å². The lowest BCUT2D eigenvalue weighted by Gasteiger charge is -2.13. The fourth-order valence-corrected chi connectivity index (χ4v) is 2.05. The van der Waals surface area contributed by atoms with Crippen molar-refractivity contribution in [2.75, 3.05) is 0 Å². The Kier molecular flexibility index (Phi) is 3.40. The number of hydrazine groups is 1. The first-order chi connectivity index (χ1) is 7.31. The van der Waals surface area contributed by atoms with E-state index in [1.54, 1.807) is 6.26 Å². The first kappa shape index (κ1) is 10.7. The topological polar surface area (TPSA) is 51.2 Å². The Morgan fingerprint density at radius 2 is 2.13 bits per heavy atom. The van der Waals surface area contributed by atoms with Crippen LogP contribution in [0.25, 0.3) is 0 Å². The highest BCUT2D eigenvalue weighted by Gasteiger charge is 2.14. The van der Waals surface area contributed by atoms with Crippen LogP contribution < -0.4 is 11.3 Å². The van der Waals surface area contributed by atoms with Crippen LogP contribution >= 0.6 is 22.6 Å². The van der Waals surface area contributed by atoms with Crippen LogP contribution in [-0.4, -0.2) is 0 Å². The Morgan fingerprint density at radius 3 is 2.73 bits per heavy atom. The lowest BCUT2D eigenvalue weighted by Crippen LogP contribution is -2.28. The third-order valence-corrected chi connectivity index (χ3v) is 2.85. The van der Waals surface area contributed by atoms with Crippen LogP contribution in [0.5, 0.6) is 0 Å². The molecule has 2 aromatic rings. The second kappa shape index (κ2) is 4.78. The lowest BCUT2D eigenvalue weighted by molar-refractivity contribution is 0.452. The monoisotopic (exact) mass is 314 g/mol. The zero-order valence-electron chi connectivity index (χ0n) is 7.98. The SMILES string of the molecule is NNC(c1cccc(I)c1)c1ccco1. The summed E-state index contributed by atoms with van der Waals surface area (Å²) in [4.78, 5) is 0. The Morgan fingerprint density at radius 1 is 1.27 bits per heavy atom. The van der Waals surface area contributed by atoms with E-state index in [0.717, 1.165) is 11.3 Å². The van der Waals surface area contributed by atoms with Crippen LogP contribution in [0.4, 0.5) is 0 Å². The summed E-state index contributed by atoms with van der Waals surface area (Å²) < 4.78 is 6.51. The number of halogens is 1. The number of hydrogen-bond donors (Lipinski definition) is 2. The molecule has 2 rings (SSSR count). The van der Waals surface area contributed by atoms with Gasteiger partial charge in [0.15, 0.2) is 0 Å². The van der Waals surface area contributed by atoms with Crippen molar-refractivity contribution in [3.8, 4) is 0 Å². The zero-order valence-corrected chi connectivity index (χ0v) is 10.1. The van der Waals surface area contributed by atoms with Crippen molar-refractivity contribution >= 4 is 22.6 Å². The van der Waals surface area contributed by atoms with Crippen molar-refractivity contribution in [1.82, 2.24) is 5.43 Å². The molecule has 15 heavy (non-hydrogen) atoms. The minimum atomic E-state index is -0.0882. The van der Waals surface area contributed by atoms with E-state index in [2.05, 4.69) is 34.1 Å². The van der Waals surface area contributed by atoms with E-state index < -0.39 is 0 Å². The highest BCUT2D eigenvalue weighted by molar-refractivity contribution is 14.1. The average Bonchev–Trinajstić information content (AvgIpc) is 2.72. The summed E-state index contributed by atoms with van der Waals surface area (Å²) in [6.45, 7) is 0. The van der Waals surface area contributed by atoms with E-state index in [9.17, 15) is 0 Å². The van der Waals surface area contributed by atoms with E-state index in [1.807, 2.05) is 30.3 Å². The summed E-state index contributed by atoms with van der Waals surface area (Å²) in [6.07, 6.45) is 1.65. The molecule has 0 fully saturated rings. The van der Waals surface area contributed by atoms with Gasteiger partial charge in [-0.25, -0.2) is 5.43 Å². The predicted molar refractivity (Wildman–Crippen MR) is 67.0 cm³/mol. The molecule has 78 valence electrons. The van der Waals surface area contributed by atoms with Gasteiger partial charge in [-0.15, -0.1) is 0 Å². The molecule has 0 saturated carbocycles. The van der Waals surface area contributed by atoms with Gasteiger partial charge in [-0.05, 0) is 52.4 Å². The minimum absolute atomic E-state index is 0.0882. The van der Waals surface area contributed by atoms with Gasteiger partial charge in [0.05, 0.1) is 6.26 Å². The normalized spacial score (nSPS) is 12.7. The molecular weight excluding hydrogens is 303 g/mol. The van der Waals surface area contributed by atoms with E-state index in [0.29, 0.717) is 0 Å². The van der Waals surface area contributed by atoms with Gasteiger partial charge in [0.25, 0.3) is 0 Å². The number of hydrogen-bond acceptors (Lipinski definition) is 3. The summed E-state index contributed by atoms with van der Waals surface area (Å²) in [7, 11) is 0. The molecule has 1 aromatic heterocycles. The van der Waals surface area contributed by atoms with E-state index in [-0.39, 0.29) is 6.04 Å². The fraction of sp³-hybridized carbons (Fsp3) is 0.0909. The van der Waals surface area contributed by atoms with Gasteiger partial charge in [-0.2, -0.15) is 0 Å². The van der Waals surface area contributed by atoms with E-state index in [1.165, 1.54) is 3.57 Å². The lowest BCUT2D eigenvalue weighted by atomic mass is 10.1. The van der Waals surface area contributed by atoms with Crippen molar-refractivity contribution in [3.63, 3.8) is 0 Å². The Balaban J connectivity index is 2.35. The predicted octanol–water partition coefficient (Wildman–Crippen LogP) is 2.44. The molecule has 0 spiro atoms. The summed E-state index contributed by atoms with van der Waals surface area (Å²) >= 11 is 2.27. The molecule has 0 amide bonds. The standard InChI is InChI=1S/C11H11IN2O/c12-9-4-1-3-8(7-9)11(14-13)10-5-2-6-15-10/h1-7,11,14H,13H2. The van der Waals surface area contributed by atoms with Gasteiger partial charge in [0.2, 0.25) is 0 Å². The number of benzene rings is 1. The smallest absolute Gasteiger partial charge is 0.126 e. The minimum Gasteiger partial charge on any atom is -0.467 e. The fourth-order valence-electron chi connectivity index (χ4n) is 1.48. The van der Waals surface area contributed by atoms with Crippen LogP contribution in [0, 0.1) is 3.57 Å². The zero-order chi connectivity index (χ0) is 10.7. The number of rotatable bonds is 3. The maximum Gasteiger partial charge on any atom is 0.126 e. The van der Waals surface area contributed by atoms with Gasteiger partial charge < -0.3 is 4.42 Å². The molecule has 1 atom stereocenters. The van der Waals surface area contributed by atoms with Crippen LogP contribution in [-0.2, 0) is 0 Å². The second-order valence-corrected chi connectivity index (χ2v) is 4.42. The maximum absolute atomic E-state index is 5.53. The van der Waals surface area contributed by atoms with Crippen LogP contribution in [0.1, 0.15) is 17.4 Å². The Hall–Kier alpha value is -0.850. The summed E-state index contributed by atoms with van der Waals surface area (Å²) in [5.74, 6) is 6.35. The summed E-state index contributed by atoms with van der Waals surface area (Å²) in [5.41, 5.74) is 3.85.